The number of aromatic nitrogens is 2. The predicted octanol–water partition coefficient (Wildman–Crippen LogP) is 2.63. The third-order valence-corrected chi connectivity index (χ3v) is 5.59. The number of benzene rings is 2. The number of rotatable bonds is 5. The second-order valence-corrected chi connectivity index (χ2v) is 7.82. The first-order valence-corrected chi connectivity index (χ1v) is 8.97. The van der Waals surface area contributed by atoms with Gasteiger partial charge in [-0.25, -0.2) is 27.1 Å². The van der Waals surface area contributed by atoms with Crippen molar-refractivity contribution in [1.29, 1.82) is 0 Å². The average molecular weight is 360 g/mol. The average Bonchev–Trinajstić information content (AvgIpc) is 2.60. The fraction of sp³-hybridized carbons (Fsp3) is 0.176. The molecule has 1 heterocycles. The van der Waals surface area contributed by atoms with Crippen molar-refractivity contribution in [3.63, 3.8) is 0 Å². The Morgan fingerprint density at radius 2 is 1.80 bits per heavy atom. The van der Waals surface area contributed by atoms with Crippen LogP contribution in [0, 0.1) is 5.82 Å². The molecule has 1 aromatic heterocycles. The van der Waals surface area contributed by atoms with Gasteiger partial charge in [0.25, 0.3) is 0 Å². The molecule has 8 heteroatoms. The van der Waals surface area contributed by atoms with Gasteiger partial charge in [0.2, 0.25) is 10.0 Å². The summed E-state index contributed by atoms with van der Waals surface area (Å²) in [5.41, 5.74) is 1.52. The number of halogens is 1. The molecule has 0 aliphatic rings. The molecule has 2 aromatic carbocycles. The van der Waals surface area contributed by atoms with Crippen molar-refractivity contribution in [2.24, 2.45) is 0 Å². The van der Waals surface area contributed by atoms with Gasteiger partial charge in [-0.05, 0) is 35.9 Å². The largest absolute Gasteiger partial charge is 0.365 e. The van der Waals surface area contributed by atoms with Crippen LogP contribution in [0.25, 0.3) is 10.9 Å². The van der Waals surface area contributed by atoms with Crippen molar-refractivity contribution in [3.05, 3.63) is 60.2 Å². The van der Waals surface area contributed by atoms with E-state index in [1.54, 1.807) is 30.3 Å². The van der Waals surface area contributed by atoms with Gasteiger partial charge in [-0.2, -0.15) is 0 Å². The van der Waals surface area contributed by atoms with E-state index in [0.29, 0.717) is 23.3 Å². The van der Waals surface area contributed by atoms with Gasteiger partial charge in [0.05, 0.1) is 10.4 Å². The van der Waals surface area contributed by atoms with Gasteiger partial charge in [-0.3, -0.25) is 0 Å². The van der Waals surface area contributed by atoms with Crippen LogP contribution in [0.3, 0.4) is 0 Å². The molecule has 0 aliphatic heterocycles. The fourth-order valence-electron chi connectivity index (χ4n) is 2.35. The lowest BCUT2D eigenvalue weighted by molar-refractivity contribution is 0.520. The van der Waals surface area contributed by atoms with Crippen LogP contribution in [-0.4, -0.2) is 36.8 Å². The van der Waals surface area contributed by atoms with Gasteiger partial charge in [-0.15, -0.1) is 0 Å². The van der Waals surface area contributed by atoms with E-state index in [9.17, 15) is 12.8 Å². The third-order valence-electron chi connectivity index (χ3n) is 3.76. The molecule has 0 amide bonds. The van der Waals surface area contributed by atoms with E-state index in [0.717, 1.165) is 5.56 Å². The topological polar surface area (TPSA) is 75.2 Å². The van der Waals surface area contributed by atoms with Crippen molar-refractivity contribution < 1.29 is 12.8 Å². The third kappa shape index (κ3) is 3.59. The van der Waals surface area contributed by atoms with Crippen LogP contribution in [-0.2, 0) is 16.6 Å². The zero-order chi connectivity index (χ0) is 18.0. The summed E-state index contributed by atoms with van der Waals surface area (Å²) in [5, 5.41) is 3.73. The lowest BCUT2D eigenvalue weighted by Crippen LogP contribution is -2.22. The zero-order valence-electron chi connectivity index (χ0n) is 13.8. The number of fused-ring (bicyclic) bond motifs is 1. The van der Waals surface area contributed by atoms with Gasteiger partial charge in [0.1, 0.15) is 18.0 Å². The highest BCUT2D eigenvalue weighted by molar-refractivity contribution is 7.89. The molecule has 0 fully saturated rings. The first kappa shape index (κ1) is 17.2. The number of nitrogens with zero attached hydrogens (tertiary/aromatic N) is 3. The van der Waals surface area contributed by atoms with Crippen LogP contribution in [0.2, 0.25) is 0 Å². The maximum atomic E-state index is 13.5. The molecule has 1 N–H and O–H groups in total. The molecule has 0 radical (unpaired) electrons. The molecule has 0 spiro atoms. The molecular formula is C17H17FN4O2S. The second kappa shape index (κ2) is 6.73. The first-order chi connectivity index (χ1) is 11.9. The Labute approximate surface area is 145 Å². The molecule has 3 rings (SSSR count). The first-order valence-electron chi connectivity index (χ1n) is 7.53. The van der Waals surface area contributed by atoms with E-state index >= 15 is 0 Å². The molecule has 25 heavy (non-hydrogen) atoms. The van der Waals surface area contributed by atoms with Crippen LogP contribution in [0.15, 0.2) is 53.7 Å². The lowest BCUT2D eigenvalue weighted by Gasteiger charge is -2.12. The van der Waals surface area contributed by atoms with Crippen LogP contribution < -0.4 is 5.32 Å². The highest BCUT2D eigenvalue weighted by Crippen LogP contribution is 2.21. The van der Waals surface area contributed by atoms with Gasteiger partial charge in [0.15, 0.2) is 0 Å². The van der Waals surface area contributed by atoms with Crippen LogP contribution >= 0.6 is 0 Å². The number of sulfonamides is 1. The lowest BCUT2D eigenvalue weighted by atomic mass is 10.2. The van der Waals surface area contributed by atoms with Crippen molar-refractivity contribution in [3.8, 4) is 0 Å². The Morgan fingerprint density at radius 1 is 1.08 bits per heavy atom. The normalized spacial score (nSPS) is 11.8. The molecule has 0 bridgehead atoms. The molecule has 0 atom stereocenters. The summed E-state index contributed by atoms with van der Waals surface area (Å²) in [6.45, 7) is 0.422. The number of hydrogen-bond acceptors (Lipinski definition) is 5. The van der Waals surface area contributed by atoms with Crippen LogP contribution in [0.5, 0.6) is 0 Å². The molecule has 0 saturated heterocycles. The number of nitrogens with one attached hydrogen (secondary N) is 1. The van der Waals surface area contributed by atoms with E-state index < -0.39 is 10.0 Å². The van der Waals surface area contributed by atoms with E-state index in [4.69, 9.17) is 0 Å². The minimum absolute atomic E-state index is 0.232. The summed E-state index contributed by atoms with van der Waals surface area (Å²) in [6.07, 6.45) is 1.41. The van der Waals surface area contributed by atoms with E-state index in [1.165, 1.54) is 36.9 Å². The quantitative estimate of drug-likeness (QED) is 0.757. The Hall–Kier alpha value is -2.58. The van der Waals surface area contributed by atoms with Gasteiger partial charge < -0.3 is 5.32 Å². The summed E-state index contributed by atoms with van der Waals surface area (Å²) in [4.78, 5) is 8.49. The summed E-state index contributed by atoms with van der Waals surface area (Å²) in [5.74, 6) is 0.165. The van der Waals surface area contributed by atoms with Gasteiger partial charge >= 0.3 is 0 Å². The van der Waals surface area contributed by atoms with Crippen molar-refractivity contribution in [2.75, 3.05) is 19.4 Å². The maximum absolute atomic E-state index is 13.5. The molecular weight excluding hydrogens is 343 g/mol. The minimum atomic E-state index is -3.44. The molecule has 0 aliphatic carbocycles. The highest BCUT2D eigenvalue weighted by atomic mass is 32.2. The highest BCUT2D eigenvalue weighted by Gasteiger charge is 2.16. The number of hydrogen-bond donors (Lipinski definition) is 1. The molecule has 0 saturated carbocycles. The molecule has 6 nitrogen and oxygen atoms in total. The second-order valence-electron chi connectivity index (χ2n) is 5.67. The Bertz CT molecular complexity index is 1000. The molecule has 0 unspecified atom stereocenters. The minimum Gasteiger partial charge on any atom is -0.365 e. The Balaban J connectivity index is 1.80. The SMILES string of the molecule is CN(C)S(=O)(=O)c1ccc(CNc2ncnc3ccc(F)cc23)cc1. The van der Waals surface area contributed by atoms with E-state index in [-0.39, 0.29) is 10.7 Å². The van der Waals surface area contributed by atoms with Crippen molar-refractivity contribution in [2.45, 2.75) is 11.4 Å². The zero-order valence-corrected chi connectivity index (χ0v) is 14.6. The van der Waals surface area contributed by atoms with E-state index in [2.05, 4.69) is 15.3 Å². The Morgan fingerprint density at radius 3 is 2.48 bits per heavy atom. The van der Waals surface area contributed by atoms with Crippen molar-refractivity contribution in [1.82, 2.24) is 14.3 Å². The van der Waals surface area contributed by atoms with Gasteiger partial charge in [-0.1, -0.05) is 12.1 Å². The van der Waals surface area contributed by atoms with E-state index in [1.807, 2.05) is 0 Å². The number of anilines is 1. The summed E-state index contributed by atoms with van der Waals surface area (Å²) >= 11 is 0. The molecule has 130 valence electrons. The van der Waals surface area contributed by atoms with Crippen LogP contribution in [0.1, 0.15) is 5.56 Å². The summed E-state index contributed by atoms with van der Waals surface area (Å²) < 4.78 is 38.7. The Kier molecular flexibility index (Phi) is 4.65. The maximum Gasteiger partial charge on any atom is 0.242 e. The van der Waals surface area contributed by atoms with Crippen molar-refractivity contribution >= 4 is 26.7 Å². The summed E-state index contributed by atoms with van der Waals surface area (Å²) in [6, 6.07) is 10.9. The van der Waals surface area contributed by atoms with Gasteiger partial charge in [0, 0.05) is 26.0 Å². The summed E-state index contributed by atoms with van der Waals surface area (Å²) in [7, 11) is -0.463. The monoisotopic (exact) mass is 360 g/mol. The smallest absolute Gasteiger partial charge is 0.242 e. The fourth-order valence-corrected chi connectivity index (χ4v) is 3.25. The standard InChI is InChI=1S/C17H17FN4O2S/c1-22(2)25(23,24)14-6-3-12(4-7-14)10-19-17-15-9-13(18)5-8-16(15)20-11-21-17/h3-9,11H,10H2,1-2H3,(H,19,20,21). The van der Waals surface area contributed by atoms with Crippen LogP contribution in [0.4, 0.5) is 10.2 Å². The molecule has 3 aromatic rings. The predicted molar refractivity (Wildman–Crippen MR) is 94.1 cm³/mol.